The molecule has 0 unspecified atom stereocenters. The minimum absolute atomic E-state index is 0.00907. The van der Waals surface area contributed by atoms with Gasteiger partial charge in [-0.15, -0.1) is 0 Å². The number of hydrogen-bond donors (Lipinski definition) is 2. The molecular formula is C18H17FN2O3. The van der Waals surface area contributed by atoms with E-state index in [4.69, 9.17) is 0 Å². The Kier molecular flexibility index (Phi) is 5.78. The van der Waals surface area contributed by atoms with Crippen LogP contribution >= 0.6 is 0 Å². The summed E-state index contributed by atoms with van der Waals surface area (Å²) in [6, 6.07) is 12.3. The quantitative estimate of drug-likeness (QED) is 0.799. The number of nitrogens with one attached hydrogen (secondary N) is 2. The van der Waals surface area contributed by atoms with Gasteiger partial charge in [-0.25, -0.2) is 4.39 Å². The molecule has 2 rings (SSSR count). The summed E-state index contributed by atoms with van der Waals surface area (Å²) in [4.78, 5) is 34.9. The summed E-state index contributed by atoms with van der Waals surface area (Å²) in [6.07, 6.45) is -0.00907. The molecule has 2 aromatic carbocycles. The lowest BCUT2D eigenvalue weighted by Gasteiger charge is -2.08. The molecule has 0 aliphatic carbocycles. The standard InChI is InChI=1S/C18H17FN2O3/c1-12(22)14-5-3-7-16(10-14)21-18(24)11-20-17(23)9-13-4-2-6-15(19)8-13/h2-8,10H,9,11H2,1H3,(H,20,23)(H,21,24). The van der Waals surface area contributed by atoms with E-state index in [-0.39, 0.29) is 24.7 Å². The topological polar surface area (TPSA) is 75.3 Å². The van der Waals surface area contributed by atoms with Gasteiger partial charge in [-0.1, -0.05) is 24.3 Å². The monoisotopic (exact) mass is 328 g/mol. The highest BCUT2D eigenvalue weighted by molar-refractivity contribution is 5.98. The van der Waals surface area contributed by atoms with E-state index in [0.717, 1.165) is 0 Å². The van der Waals surface area contributed by atoms with Crippen LogP contribution in [0.2, 0.25) is 0 Å². The van der Waals surface area contributed by atoms with Gasteiger partial charge in [-0.05, 0) is 36.8 Å². The predicted octanol–water partition coefficient (Wildman–Crippen LogP) is 2.33. The number of benzene rings is 2. The first kappa shape index (κ1) is 17.3. The van der Waals surface area contributed by atoms with E-state index < -0.39 is 11.7 Å². The number of rotatable bonds is 6. The summed E-state index contributed by atoms with van der Waals surface area (Å²) in [6.45, 7) is 1.23. The lowest BCUT2D eigenvalue weighted by atomic mass is 10.1. The molecule has 0 radical (unpaired) electrons. The van der Waals surface area contributed by atoms with Crippen molar-refractivity contribution >= 4 is 23.3 Å². The van der Waals surface area contributed by atoms with Crippen LogP contribution in [-0.4, -0.2) is 24.1 Å². The third-order valence-electron chi connectivity index (χ3n) is 3.25. The van der Waals surface area contributed by atoms with Crippen molar-refractivity contribution in [1.29, 1.82) is 0 Å². The molecule has 0 aromatic heterocycles. The van der Waals surface area contributed by atoms with Crippen molar-refractivity contribution in [3.8, 4) is 0 Å². The molecule has 24 heavy (non-hydrogen) atoms. The fourth-order valence-corrected chi connectivity index (χ4v) is 2.09. The molecule has 0 saturated heterocycles. The highest BCUT2D eigenvalue weighted by Gasteiger charge is 2.08. The molecule has 2 N–H and O–H groups in total. The molecule has 0 aliphatic rings. The smallest absolute Gasteiger partial charge is 0.243 e. The van der Waals surface area contributed by atoms with Crippen molar-refractivity contribution in [3.63, 3.8) is 0 Å². The Hall–Kier alpha value is -3.02. The van der Waals surface area contributed by atoms with Crippen LogP contribution in [0.3, 0.4) is 0 Å². The first-order chi connectivity index (χ1) is 11.4. The average Bonchev–Trinajstić information content (AvgIpc) is 2.53. The molecule has 0 aliphatic heterocycles. The Morgan fingerprint density at radius 2 is 1.75 bits per heavy atom. The molecule has 5 nitrogen and oxygen atoms in total. The van der Waals surface area contributed by atoms with E-state index in [2.05, 4.69) is 10.6 Å². The van der Waals surface area contributed by atoms with E-state index in [1.165, 1.54) is 25.1 Å². The number of hydrogen-bond acceptors (Lipinski definition) is 3. The lowest BCUT2D eigenvalue weighted by Crippen LogP contribution is -2.33. The Morgan fingerprint density at radius 3 is 2.46 bits per heavy atom. The second kappa shape index (κ2) is 8.01. The Balaban J connectivity index is 1.83. The molecule has 0 atom stereocenters. The average molecular weight is 328 g/mol. The van der Waals surface area contributed by atoms with E-state index in [0.29, 0.717) is 16.8 Å². The number of ketones is 1. The third kappa shape index (κ3) is 5.31. The summed E-state index contributed by atoms with van der Waals surface area (Å²) in [5, 5.41) is 5.07. The molecular weight excluding hydrogens is 311 g/mol. The van der Waals surface area contributed by atoms with Crippen LogP contribution in [0.25, 0.3) is 0 Å². The number of carbonyl (C=O) groups is 3. The van der Waals surface area contributed by atoms with Gasteiger partial charge in [0.2, 0.25) is 11.8 Å². The Morgan fingerprint density at radius 1 is 1.00 bits per heavy atom. The molecule has 0 saturated carbocycles. The number of amides is 2. The van der Waals surface area contributed by atoms with Gasteiger partial charge in [-0.3, -0.25) is 14.4 Å². The first-order valence-corrected chi connectivity index (χ1v) is 7.36. The highest BCUT2D eigenvalue weighted by atomic mass is 19.1. The van der Waals surface area contributed by atoms with Gasteiger partial charge in [0.15, 0.2) is 5.78 Å². The summed E-state index contributed by atoms with van der Waals surface area (Å²) in [7, 11) is 0. The van der Waals surface area contributed by atoms with Crippen LogP contribution < -0.4 is 10.6 Å². The lowest BCUT2D eigenvalue weighted by molar-refractivity contribution is -0.123. The van der Waals surface area contributed by atoms with Crippen molar-refractivity contribution < 1.29 is 18.8 Å². The minimum atomic E-state index is -0.414. The molecule has 124 valence electrons. The van der Waals surface area contributed by atoms with Crippen molar-refractivity contribution in [1.82, 2.24) is 5.32 Å². The van der Waals surface area contributed by atoms with E-state index in [1.54, 1.807) is 30.3 Å². The molecule has 0 spiro atoms. The predicted molar refractivity (Wildman–Crippen MR) is 88.2 cm³/mol. The van der Waals surface area contributed by atoms with Crippen molar-refractivity contribution in [2.24, 2.45) is 0 Å². The normalized spacial score (nSPS) is 10.1. The van der Waals surface area contributed by atoms with Crippen LogP contribution in [-0.2, 0) is 16.0 Å². The molecule has 0 heterocycles. The maximum Gasteiger partial charge on any atom is 0.243 e. The number of carbonyl (C=O) groups excluding carboxylic acids is 3. The van der Waals surface area contributed by atoms with Crippen molar-refractivity contribution in [2.45, 2.75) is 13.3 Å². The summed E-state index contributed by atoms with van der Waals surface area (Å²) in [5.41, 5.74) is 1.50. The van der Waals surface area contributed by atoms with Gasteiger partial charge in [0.1, 0.15) is 5.82 Å². The molecule has 2 aromatic rings. The van der Waals surface area contributed by atoms with Crippen LogP contribution in [0, 0.1) is 5.82 Å². The molecule has 2 amide bonds. The Bertz CT molecular complexity index is 774. The van der Waals surface area contributed by atoms with Gasteiger partial charge >= 0.3 is 0 Å². The van der Waals surface area contributed by atoms with Crippen molar-refractivity contribution in [2.75, 3.05) is 11.9 Å². The summed E-state index contributed by atoms with van der Waals surface area (Å²) < 4.78 is 13.0. The van der Waals surface area contributed by atoms with E-state index in [9.17, 15) is 18.8 Å². The van der Waals surface area contributed by atoms with Gasteiger partial charge in [-0.2, -0.15) is 0 Å². The zero-order chi connectivity index (χ0) is 17.5. The minimum Gasteiger partial charge on any atom is -0.347 e. The fourth-order valence-electron chi connectivity index (χ4n) is 2.09. The van der Waals surface area contributed by atoms with Crippen molar-refractivity contribution in [3.05, 3.63) is 65.5 Å². The van der Waals surface area contributed by atoms with E-state index >= 15 is 0 Å². The highest BCUT2D eigenvalue weighted by Crippen LogP contribution is 2.11. The van der Waals surface area contributed by atoms with E-state index in [1.807, 2.05) is 0 Å². The zero-order valence-corrected chi connectivity index (χ0v) is 13.1. The second-order valence-corrected chi connectivity index (χ2v) is 5.27. The van der Waals surface area contributed by atoms with Crippen LogP contribution in [0.15, 0.2) is 48.5 Å². The fraction of sp³-hybridized carbons (Fsp3) is 0.167. The zero-order valence-electron chi connectivity index (χ0n) is 13.1. The number of Topliss-reactive ketones (excluding diaryl/α,β-unsaturated/α-hetero) is 1. The summed E-state index contributed by atoms with van der Waals surface area (Å²) >= 11 is 0. The molecule has 0 bridgehead atoms. The maximum absolute atomic E-state index is 13.0. The SMILES string of the molecule is CC(=O)c1cccc(NC(=O)CNC(=O)Cc2cccc(F)c2)c1. The second-order valence-electron chi connectivity index (χ2n) is 5.27. The van der Waals surface area contributed by atoms with Gasteiger partial charge in [0.05, 0.1) is 13.0 Å². The largest absolute Gasteiger partial charge is 0.347 e. The summed E-state index contributed by atoms with van der Waals surface area (Å²) in [5.74, 6) is -1.31. The van der Waals surface area contributed by atoms with Crippen LogP contribution in [0.5, 0.6) is 0 Å². The van der Waals surface area contributed by atoms with Gasteiger partial charge in [0, 0.05) is 11.3 Å². The van der Waals surface area contributed by atoms with Crippen LogP contribution in [0.1, 0.15) is 22.8 Å². The molecule has 6 heteroatoms. The maximum atomic E-state index is 13.0. The van der Waals surface area contributed by atoms with Crippen LogP contribution in [0.4, 0.5) is 10.1 Å². The first-order valence-electron chi connectivity index (χ1n) is 7.36. The van der Waals surface area contributed by atoms with Gasteiger partial charge in [0.25, 0.3) is 0 Å². The van der Waals surface area contributed by atoms with Gasteiger partial charge < -0.3 is 10.6 Å². The Labute approximate surface area is 138 Å². The third-order valence-corrected chi connectivity index (χ3v) is 3.25. The molecule has 0 fully saturated rings. The number of halogens is 1. The number of anilines is 1.